The van der Waals surface area contributed by atoms with E-state index in [0.717, 1.165) is 27.5 Å². The highest BCUT2D eigenvalue weighted by atomic mass is 32.1. The first-order valence-corrected chi connectivity index (χ1v) is 9.28. The van der Waals surface area contributed by atoms with Gasteiger partial charge in [-0.25, -0.2) is 4.98 Å². The summed E-state index contributed by atoms with van der Waals surface area (Å²) in [5.41, 5.74) is 4.47. The predicted octanol–water partition coefficient (Wildman–Crippen LogP) is 3.28. The van der Waals surface area contributed by atoms with Crippen LogP contribution in [0.1, 0.15) is 20.9 Å². The van der Waals surface area contributed by atoms with E-state index < -0.39 is 0 Å². The molecule has 130 valence electrons. The van der Waals surface area contributed by atoms with E-state index in [0.29, 0.717) is 24.9 Å². The lowest BCUT2D eigenvalue weighted by atomic mass is 10.1. The van der Waals surface area contributed by atoms with Crippen molar-refractivity contribution in [1.82, 2.24) is 10.3 Å². The smallest absolute Gasteiger partial charge is 0.251 e. The number of nitrogens with zero attached hydrogens (tertiary/aromatic N) is 1. The maximum absolute atomic E-state index is 12.0. The molecule has 1 aliphatic rings. The van der Waals surface area contributed by atoms with Gasteiger partial charge in [0.25, 0.3) is 5.91 Å². The van der Waals surface area contributed by atoms with E-state index in [1.165, 1.54) is 0 Å². The third-order valence-corrected chi connectivity index (χ3v) is 5.15. The number of hydrogen-bond donors (Lipinski definition) is 2. The topological polar surface area (TPSA) is 71.1 Å². The van der Waals surface area contributed by atoms with Gasteiger partial charge in [-0.2, -0.15) is 0 Å². The molecule has 2 aromatic carbocycles. The number of benzene rings is 2. The molecule has 1 aromatic heterocycles. The van der Waals surface area contributed by atoms with Crippen molar-refractivity contribution in [2.75, 3.05) is 11.9 Å². The second-order valence-corrected chi connectivity index (χ2v) is 7.04. The Bertz CT molecular complexity index is 966. The van der Waals surface area contributed by atoms with Gasteiger partial charge in [0.2, 0.25) is 5.91 Å². The fourth-order valence-corrected chi connectivity index (χ4v) is 3.73. The molecule has 26 heavy (non-hydrogen) atoms. The van der Waals surface area contributed by atoms with Crippen molar-refractivity contribution in [3.63, 3.8) is 0 Å². The van der Waals surface area contributed by atoms with Crippen LogP contribution in [0.25, 0.3) is 11.3 Å². The zero-order valence-electron chi connectivity index (χ0n) is 14.0. The van der Waals surface area contributed by atoms with Gasteiger partial charge in [-0.1, -0.05) is 24.3 Å². The minimum absolute atomic E-state index is 0.0327. The summed E-state index contributed by atoms with van der Waals surface area (Å²) in [6.45, 7) is 0.545. The highest BCUT2D eigenvalue weighted by Crippen LogP contribution is 2.29. The number of carbonyl (C=O) groups excluding carboxylic acids is 2. The molecule has 0 atom stereocenters. The van der Waals surface area contributed by atoms with Gasteiger partial charge in [-0.05, 0) is 29.8 Å². The highest BCUT2D eigenvalue weighted by Gasteiger charge is 2.18. The van der Waals surface area contributed by atoms with Crippen LogP contribution in [0.2, 0.25) is 0 Å². The van der Waals surface area contributed by atoms with Crippen LogP contribution in [-0.2, 0) is 17.6 Å². The summed E-state index contributed by atoms with van der Waals surface area (Å²) in [6, 6.07) is 15.1. The van der Waals surface area contributed by atoms with Crippen molar-refractivity contribution in [3.05, 3.63) is 70.0 Å². The van der Waals surface area contributed by atoms with E-state index in [1.54, 1.807) is 23.5 Å². The number of anilines is 1. The Morgan fingerprint density at radius 3 is 2.88 bits per heavy atom. The van der Waals surface area contributed by atoms with Gasteiger partial charge >= 0.3 is 0 Å². The average Bonchev–Trinajstić information content (AvgIpc) is 3.27. The summed E-state index contributed by atoms with van der Waals surface area (Å²) in [5.74, 6) is -0.0385. The number of fused-ring (bicyclic) bond motifs is 1. The van der Waals surface area contributed by atoms with Crippen molar-refractivity contribution in [2.45, 2.75) is 12.8 Å². The maximum atomic E-state index is 12.0. The van der Waals surface area contributed by atoms with Gasteiger partial charge in [-0.3, -0.25) is 9.59 Å². The van der Waals surface area contributed by atoms with Gasteiger partial charge in [0.05, 0.1) is 17.1 Å². The zero-order valence-corrected chi connectivity index (χ0v) is 14.8. The van der Waals surface area contributed by atoms with Crippen LogP contribution in [0.3, 0.4) is 0 Å². The summed E-state index contributed by atoms with van der Waals surface area (Å²) in [7, 11) is 0. The minimum atomic E-state index is -0.0711. The molecule has 0 unspecified atom stereocenters. The minimum Gasteiger partial charge on any atom is -0.352 e. The first-order valence-electron chi connectivity index (χ1n) is 8.40. The molecule has 2 amide bonds. The fraction of sp³-hybridized carbons (Fsp3) is 0.150. The molecule has 0 radical (unpaired) electrons. The summed E-state index contributed by atoms with van der Waals surface area (Å²) in [5, 5.41) is 8.74. The molecule has 0 saturated carbocycles. The van der Waals surface area contributed by atoms with Crippen LogP contribution in [0.5, 0.6) is 0 Å². The van der Waals surface area contributed by atoms with Crippen LogP contribution >= 0.6 is 11.3 Å². The molecule has 2 heterocycles. The normalized spacial score (nSPS) is 12.5. The molecule has 0 aliphatic carbocycles. The molecule has 2 N–H and O–H groups in total. The SMILES string of the molecule is O=C1Cc2cc(-c3csc(CCNC(=O)c4ccccc4)n3)ccc2N1. The maximum Gasteiger partial charge on any atom is 0.251 e. The number of rotatable bonds is 5. The molecule has 1 aliphatic heterocycles. The van der Waals surface area contributed by atoms with Crippen LogP contribution < -0.4 is 10.6 Å². The van der Waals surface area contributed by atoms with Crippen LogP contribution in [0.15, 0.2) is 53.9 Å². The Hall–Kier alpha value is -2.99. The molecule has 3 aromatic rings. The van der Waals surface area contributed by atoms with Crippen molar-refractivity contribution < 1.29 is 9.59 Å². The predicted molar refractivity (Wildman–Crippen MR) is 102 cm³/mol. The lowest BCUT2D eigenvalue weighted by Crippen LogP contribution is -2.25. The second-order valence-electron chi connectivity index (χ2n) is 6.10. The monoisotopic (exact) mass is 363 g/mol. The molecule has 0 spiro atoms. The average molecular weight is 363 g/mol. The van der Waals surface area contributed by atoms with Gasteiger partial charge < -0.3 is 10.6 Å². The number of amides is 2. The Balaban J connectivity index is 1.37. The van der Waals surface area contributed by atoms with E-state index in [2.05, 4.69) is 15.6 Å². The number of aromatic nitrogens is 1. The van der Waals surface area contributed by atoms with Gasteiger partial charge in [0.15, 0.2) is 0 Å². The Kier molecular flexibility index (Phi) is 4.50. The van der Waals surface area contributed by atoms with E-state index in [1.807, 2.05) is 41.8 Å². The molecule has 0 saturated heterocycles. The summed E-state index contributed by atoms with van der Waals surface area (Å²) >= 11 is 1.58. The summed E-state index contributed by atoms with van der Waals surface area (Å²) in [6.07, 6.45) is 1.11. The van der Waals surface area contributed by atoms with Gasteiger partial charge in [0.1, 0.15) is 0 Å². The largest absolute Gasteiger partial charge is 0.352 e. The summed E-state index contributed by atoms with van der Waals surface area (Å²) in [4.78, 5) is 28.2. The second kappa shape index (κ2) is 7.09. The van der Waals surface area contributed by atoms with Crippen LogP contribution in [-0.4, -0.2) is 23.3 Å². The van der Waals surface area contributed by atoms with E-state index in [9.17, 15) is 9.59 Å². The Morgan fingerprint density at radius 2 is 2.04 bits per heavy atom. The standard InChI is InChI=1S/C20H17N3O2S/c24-18-11-15-10-14(6-7-16(15)22-18)17-12-26-19(23-17)8-9-21-20(25)13-4-2-1-3-5-13/h1-7,10,12H,8-9,11H2,(H,21,25)(H,22,24). The molecular formula is C20H17N3O2S. The highest BCUT2D eigenvalue weighted by molar-refractivity contribution is 7.09. The molecular weight excluding hydrogens is 346 g/mol. The summed E-state index contributed by atoms with van der Waals surface area (Å²) < 4.78 is 0. The molecule has 6 heteroatoms. The zero-order chi connectivity index (χ0) is 17.9. The van der Waals surface area contributed by atoms with Crippen molar-refractivity contribution >= 4 is 28.8 Å². The van der Waals surface area contributed by atoms with Crippen LogP contribution in [0, 0.1) is 0 Å². The molecule has 0 fully saturated rings. The van der Waals surface area contributed by atoms with Crippen molar-refractivity contribution in [3.8, 4) is 11.3 Å². The van der Waals surface area contributed by atoms with Crippen molar-refractivity contribution in [2.24, 2.45) is 0 Å². The van der Waals surface area contributed by atoms with Crippen LogP contribution in [0.4, 0.5) is 5.69 Å². The van der Waals surface area contributed by atoms with E-state index in [-0.39, 0.29) is 11.8 Å². The number of thiazole rings is 1. The Morgan fingerprint density at radius 1 is 1.19 bits per heavy atom. The molecule has 4 rings (SSSR count). The molecule has 0 bridgehead atoms. The lowest BCUT2D eigenvalue weighted by molar-refractivity contribution is -0.115. The van der Waals surface area contributed by atoms with E-state index in [4.69, 9.17) is 0 Å². The Labute approximate surface area is 155 Å². The van der Waals surface area contributed by atoms with Crippen molar-refractivity contribution in [1.29, 1.82) is 0 Å². The first kappa shape index (κ1) is 16.5. The van der Waals surface area contributed by atoms with Gasteiger partial charge in [0, 0.05) is 35.2 Å². The first-order chi connectivity index (χ1) is 12.7. The number of hydrogen-bond acceptors (Lipinski definition) is 4. The number of nitrogens with one attached hydrogen (secondary N) is 2. The third-order valence-electron chi connectivity index (χ3n) is 4.24. The van der Waals surface area contributed by atoms with Gasteiger partial charge in [-0.15, -0.1) is 11.3 Å². The molecule has 5 nitrogen and oxygen atoms in total. The quantitative estimate of drug-likeness (QED) is 0.731. The van der Waals surface area contributed by atoms with E-state index >= 15 is 0 Å². The fourth-order valence-electron chi connectivity index (χ4n) is 2.92. The lowest BCUT2D eigenvalue weighted by Gasteiger charge is -2.03. The third kappa shape index (κ3) is 3.50. The number of carbonyl (C=O) groups is 2.